The first-order valence-corrected chi connectivity index (χ1v) is 15.2. The maximum absolute atomic E-state index is 13.9. The van der Waals surface area contributed by atoms with Crippen molar-refractivity contribution < 1.29 is 9.59 Å². The van der Waals surface area contributed by atoms with E-state index in [-0.39, 0.29) is 23.9 Å². The molecule has 0 bridgehead atoms. The molecular formula is C33H41ClN4O2. The van der Waals surface area contributed by atoms with Crippen LogP contribution in [0, 0.1) is 0 Å². The maximum Gasteiger partial charge on any atom is 0.251 e. The third kappa shape index (κ3) is 7.22. The Morgan fingerprint density at radius 1 is 1.00 bits per heavy atom. The van der Waals surface area contributed by atoms with E-state index in [0.717, 1.165) is 49.8 Å². The lowest BCUT2D eigenvalue weighted by Crippen LogP contribution is -2.54. The first kappa shape index (κ1) is 28.6. The van der Waals surface area contributed by atoms with Crippen molar-refractivity contribution in [3.63, 3.8) is 0 Å². The van der Waals surface area contributed by atoms with Gasteiger partial charge in [0.05, 0.1) is 6.04 Å². The Balaban J connectivity index is 1.27. The van der Waals surface area contributed by atoms with Gasteiger partial charge in [0.1, 0.15) is 0 Å². The molecule has 3 aromatic carbocycles. The molecule has 2 aliphatic heterocycles. The number of nitrogens with one attached hydrogen (secondary N) is 2. The molecule has 212 valence electrons. The van der Waals surface area contributed by atoms with Crippen molar-refractivity contribution in [2.45, 2.75) is 57.0 Å². The highest BCUT2D eigenvalue weighted by Crippen LogP contribution is 2.23. The summed E-state index contributed by atoms with van der Waals surface area (Å²) >= 11 is 6.11. The van der Waals surface area contributed by atoms with E-state index in [0.29, 0.717) is 29.6 Å². The number of halogens is 1. The fraction of sp³-hybridized carbons (Fsp3) is 0.455. The van der Waals surface area contributed by atoms with Crippen molar-refractivity contribution >= 4 is 34.2 Å². The van der Waals surface area contributed by atoms with Crippen LogP contribution in [-0.2, 0) is 4.79 Å². The van der Waals surface area contributed by atoms with Crippen LogP contribution in [0.25, 0.3) is 10.8 Å². The minimum Gasteiger partial charge on any atom is -0.350 e. The van der Waals surface area contributed by atoms with Gasteiger partial charge in [0.25, 0.3) is 5.91 Å². The van der Waals surface area contributed by atoms with Crippen molar-refractivity contribution in [2.75, 3.05) is 39.3 Å². The first-order chi connectivity index (χ1) is 19.5. The summed E-state index contributed by atoms with van der Waals surface area (Å²) in [5.41, 5.74) is 1.91. The number of hydrogen-bond donors (Lipinski definition) is 2. The lowest BCUT2D eigenvalue weighted by molar-refractivity contribution is -0.133. The van der Waals surface area contributed by atoms with Gasteiger partial charge in [-0.1, -0.05) is 67.4 Å². The molecule has 2 saturated heterocycles. The van der Waals surface area contributed by atoms with Crippen LogP contribution >= 0.6 is 11.6 Å². The van der Waals surface area contributed by atoms with Crippen LogP contribution in [-0.4, -0.2) is 73.0 Å². The van der Waals surface area contributed by atoms with Crippen LogP contribution in [0.1, 0.15) is 60.9 Å². The van der Waals surface area contributed by atoms with Crippen molar-refractivity contribution in [3.05, 3.63) is 82.9 Å². The third-order valence-electron chi connectivity index (χ3n) is 8.46. The van der Waals surface area contributed by atoms with E-state index in [4.69, 9.17) is 11.6 Å². The molecule has 40 heavy (non-hydrogen) atoms. The Kier molecular flexibility index (Phi) is 9.74. The number of carbonyl (C=O) groups is 2. The van der Waals surface area contributed by atoms with E-state index in [9.17, 15) is 9.59 Å². The molecule has 7 heteroatoms. The van der Waals surface area contributed by atoms with Gasteiger partial charge >= 0.3 is 0 Å². The number of fused-ring (bicyclic) bond motifs is 1. The smallest absolute Gasteiger partial charge is 0.251 e. The minimum atomic E-state index is -0.277. The zero-order valence-corrected chi connectivity index (χ0v) is 24.2. The molecule has 0 aliphatic carbocycles. The number of nitrogens with zero attached hydrogens (tertiary/aromatic N) is 2. The number of rotatable bonds is 9. The molecule has 3 aromatic rings. The molecule has 5 rings (SSSR count). The average molecular weight is 561 g/mol. The van der Waals surface area contributed by atoms with E-state index in [2.05, 4.69) is 51.6 Å². The summed E-state index contributed by atoms with van der Waals surface area (Å²) in [7, 11) is 0. The number of carbonyl (C=O) groups excluding carboxylic acids is 2. The molecule has 0 saturated carbocycles. The van der Waals surface area contributed by atoms with Crippen LogP contribution in [0.3, 0.4) is 0 Å². The Bertz CT molecular complexity index is 1290. The summed E-state index contributed by atoms with van der Waals surface area (Å²) < 4.78 is 0. The lowest BCUT2D eigenvalue weighted by atomic mass is 9.95. The second kappa shape index (κ2) is 13.6. The summed E-state index contributed by atoms with van der Waals surface area (Å²) in [5, 5.41) is 9.46. The summed E-state index contributed by atoms with van der Waals surface area (Å²) in [6.07, 6.45) is 5.42. The molecule has 0 aromatic heterocycles. The molecule has 6 nitrogen and oxygen atoms in total. The van der Waals surface area contributed by atoms with E-state index >= 15 is 0 Å². The normalized spacial score (nSPS) is 21.2. The highest BCUT2D eigenvalue weighted by Gasteiger charge is 2.33. The lowest BCUT2D eigenvalue weighted by Gasteiger charge is -2.33. The van der Waals surface area contributed by atoms with Gasteiger partial charge < -0.3 is 20.4 Å². The number of benzene rings is 3. The van der Waals surface area contributed by atoms with Crippen LogP contribution in [0.2, 0.25) is 5.02 Å². The molecule has 1 unspecified atom stereocenters. The van der Waals surface area contributed by atoms with Crippen LogP contribution in [0.4, 0.5) is 0 Å². The maximum atomic E-state index is 13.9. The predicted octanol–water partition coefficient (Wildman–Crippen LogP) is 5.46. The molecular weight excluding hydrogens is 520 g/mol. The van der Waals surface area contributed by atoms with E-state index in [1.165, 1.54) is 24.8 Å². The highest BCUT2D eigenvalue weighted by molar-refractivity contribution is 6.31. The van der Waals surface area contributed by atoms with Crippen molar-refractivity contribution in [1.82, 2.24) is 20.4 Å². The summed E-state index contributed by atoms with van der Waals surface area (Å²) in [6.45, 7) is 6.88. The van der Waals surface area contributed by atoms with Crippen molar-refractivity contribution in [1.29, 1.82) is 0 Å². The van der Waals surface area contributed by atoms with Gasteiger partial charge in [-0.2, -0.15) is 0 Å². The summed E-state index contributed by atoms with van der Waals surface area (Å²) in [4.78, 5) is 31.5. The van der Waals surface area contributed by atoms with E-state index in [1.54, 1.807) is 0 Å². The van der Waals surface area contributed by atoms with Gasteiger partial charge in [-0.15, -0.1) is 0 Å². The molecule has 2 N–H and O–H groups in total. The van der Waals surface area contributed by atoms with E-state index in [1.807, 2.05) is 42.5 Å². The Labute approximate surface area is 243 Å². The van der Waals surface area contributed by atoms with Gasteiger partial charge in [0.2, 0.25) is 5.91 Å². The Morgan fingerprint density at radius 3 is 2.52 bits per heavy atom. The molecule has 2 amide bonds. The van der Waals surface area contributed by atoms with Gasteiger partial charge in [-0.05, 0) is 79.4 Å². The van der Waals surface area contributed by atoms with Crippen LogP contribution in [0.15, 0.2) is 66.7 Å². The predicted molar refractivity (Wildman–Crippen MR) is 163 cm³/mol. The van der Waals surface area contributed by atoms with Gasteiger partial charge in [0, 0.05) is 48.7 Å². The number of piperidine rings is 1. The van der Waals surface area contributed by atoms with Crippen LogP contribution in [0.5, 0.6) is 0 Å². The van der Waals surface area contributed by atoms with Crippen LogP contribution < -0.4 is 10.6 Å². The van der Waals surface area contributed by atoms with Crippen molar-refractivity contribution in [3.8, 4) is 0 Å². The summed E-state index contributed by atoms with van der Waals surface area (Å²) in [5.74, 6) is 0.385. The summed E-state index contributed by atoms with van der Waals surface area (Å²) in [6, 6.07) is 21.6. The fourth-order valence-electron chi connectivity index (χ4n) is 6.09. The first-order valence-electron chi connectivity index (χ1n) is 14.8. The minimum absolute atomic E-state index is 0.0174. The average Bonchev–Trinajstić information content (AvgIpc) is 3.13. The van der Waals surface area contributed by atoms with Gasteiger partial charge in [-0.3, -0.25) is 9.59 Å². The Morgan fingerprint density at radius 2 is 1.75 bits per heavy atom. The second-order valence-corrected chi connectivity index (χ2v) is 11.7. The molecule has 3 atom stereocenters. The molecule has 2 aliphatic rings. The SMILES string of the molecule is CCC(CN1CC[C@@H](CNC(=O)c2ccc3cc(Cl)ccc3c2)N[C@@H](CN2CCCCC2)C1=O)c1ccccc1. The zero-order valence-electron chi connectivity index (χ0n) is 23.4. The quantitative estimate of drug-likeness (QED) is 0.365. The molecule has 2 fully saturated rings. The third-order valence-corrected chi connectivity index (χ3v) is 8.70. The van der Waals surface area contributed by atoms with E-state index < -0.39 is 0 Å². The molecule has 2 heterocycles. The number of hydrogen-bond acceptors (Lipinski definition) is 4. The second-order valence-electron chi connectivity index (χ2n) is 11.3. The molecule has 0 radical (unpaired) electrons. The Hall–Kier alpha value is -2.93. The number of amides is 2. The monoisotopic (exact) mass is 560 g/mol. The fourth-order valence-corrected chi connectivity index (χ4v) is 6.27. The van der Waals surface area contributed by atoms with Gasteiger partial charge in [-0.25, -0.2) is 0 Å². The zero-order chi connectivity index (χ0) is 27.9. The highest BCUT2D eigenvalue weighted by atomic mass is 35.5. The van der Waals surface area contributed by atoms with Gasteiger partial charge in [0.15, 0.2) is 0 Å². The number of likely N-dealkylation sites (tertiary alicyclic amines) is 1. The van der Waals surface area contributed by atoms with Crippen molar-refractivity contribution in [2.24, 2.45) is 0 Å². The molecule has 0 spiro atoms. The largest absolute Gasteiger partial charge is 0.350 e. The topological polar surface area (TPSA) is 64.7 Å². The standard InChI is InChI=1S/C33H41ClN4O2/c1-2-24(25-9-5-3-6-10-25)22-38-18-15-30(36-31(33(38)40)23-37-16-7-4-8-17-37)21-35-32(39)28-12-11-27-20-29(34)14-13-26(27)19-28/h3,5-6,9-14,19-20,24,30-31,36H,2,4,7-8,15-18,21-23H2,1H3,(H,35,39)/t24?,30-,31-/m0/s1.